The van der Waals surface area contributed by atoms with E-state index in [0.717, 1.165) is 4.31 Å². The third kappa shape index (κ3) is 3.15. The van der Waals surface area contributed by atoms with E-state index in [1.807, 2.05) is 0 Å². The maximum atomic E-state index is 12.1. The van der Waals surface area contributed by atoms with Crippen LogP contribution in [0.4, 0.5) is 19.1 Å². The third-order valence-corrected chi connectivity index (χ3v) is 6.32. The SMILES string of the molecule is O=S(=O)(CCCS(=O)(=O)C(F)(F)F)N1CCn2ccnc21. The maximum Gasteiger partial charge on any atom is 0.497 e. The minimum absolute atomic E-state index is 0.136. The number of hydrogen-bond donors (Lipinski definition) is 0. The average Bonchev–Trinajstić information content (AvgIpc) is 2.87. The highest BCUT2D eigenvalue weighted by atomic mass is 32.2. The van der Waals surface area contributed by atoms with Gasteiger partial charge in [0.2, 0.25) is 25.8 Å². The van der Waals surface area contributed by atoms with E-state index in [4.69, 9.17) is 0 Å². The molecule has 2 rings (SSSR count). The molecule has 12 heteroatoms. The Labute approximate surface area is 119 Å². The summed E-state index contributed by atoms with van der Waals surface area (Å²) in [4.78, 5) is 3.85. The number of aromatic nitrogens is 2. The van der Waals surface area contributed by atoms with Gasteiger partial charge in [0.1, 0.15) is 0 Å². The first-order valence-corrected chi connectivity index (χ1v) is 9.11. The summed E-state index contributed by atoms with van der Waals surface area (Å²) >= 11 is 0. The number of halogens is 3. The molecule has 1 aliphatic rings. The molecule has 0 unspecified atom stereocenters. The molecule has 2 heterocycles. The van der Waals surface area contributed by atoms with Crippen LogP contribution < -0.4 is 4.31 Å². The van der Waals surface area contributed by atoms with Crippen LogP contribution in [-0.2, 0) is 26.4 Å². The normalized spacial score (nSPS) is 16.2. The Bertz CT molecular complexity index is 724. The number of fused-ring (bicyclic) bond motifs is 1. The van der Waals surface area contributed by atoms with Gasteiger partial charge in [0, 0.05) is 18.9 Å². The lowest BCUT2D eigenvalue weighted by Crippen LogP contribution is -2.33. The molecule has 0 saturated carbocycles. The first kappa shape index (κ1) is 16.1. The first-order valence-electron chi connectivity index (χ1n) is 5.85. The van der Waals surface area contributed by atoms with Gasteiger partial charge in [-0.3, -0.25) is 0 Å². The minimum Gasteiger partial charge on any atom is -0.315 e. The number of rotatable bonds is 5. The van der Waals surface area contributed by atoms with E-state index in [1.165, 1.54) is 6.20 Å². The Morgan fingerprint density at radius 3 is 2.43 bits per heavy atom. The molecule has 7 nitrogen and oxygen atoms in total. The molecule has 0 N–H and O–H groups in total. The Kier molecular flexibility index (Phi) is 3.95. The van der Waals surface area contributed by atoms with E-state index in [-0.39, 0.29) is 12.5 Å². The lowest BCUT2D eigenvalue weighted by Gasteiger charge is -2.16. The number of hydrogen-bond acceptors (Lipinski definition) is 5. The first-order chi connectivity index (χ1) is 9.55. The molecule has 120 valence electrons. The molecule has 1 aliphatic heterocycles. The lowest BCUT2D eigenvalue weighted by molar-refractivity contribution is -0.0435. The molecule has 1 aromatic rings. The van der Waals surface area contributed by atoms with Crippen molar-refractivity contribution in [3.8, 4) is 0 Å². The Morgan fingerprint density at radius 2 is 1.81 bits per heavy atom. The minimum atomic E-state index is -5.36. The van der Waals surface area contributed by atoms with Crippen LogP contribution in [0.25, 0.3) is 0 Å². The highest BCUT2D eigenvalue weighted by molar-refractivity contribution is 7.93. The molecule has 0 aromatic carbocycles. The molecule has 0 atom stereocenters. The van der Waals surface area contributed by atoms with Gasteiger partial charge in [0.25, 0.3) is 0 Å². The van der Waals surface area contributed by atoms with Crippen LogP contribution in [0.2, 0.25) is 0 Å². The van der Waals surface area contributed by atoms with Crippen molar-refractivity contribution in [3.05, 3.63) is 12.4 Å². The number of imidazole rings is 1. The van der Waals surface area contributed by atoms with Crippen molar-refractivity contribution in [2.75, 3.05) is 22.4 Å². The van der Waals surface area contributed by atoms with E-state index >= 15 is 0 Å². The van der Waals surface area contributed by atoms with Gasteiger partial charge in [-0.25, -0.2) is 26.1 Å². The molecular formula is C9H12F3N3O4S2. The Balaban J connectivity index is 2.01. The predicted octanol–water partition coefficient (Wildman–Crippen LogP) is 0.358. The molecule has 0 saturated heterocycles. The zero-order chi connectivity index (χ0) is 15.9. The number of nitrogens with zero attached hydrogens (tertiary/aromatic N) is 3. The summed E-state index contributed by atoms with van der Waals surface area (Å²) in [5.74, 6) is -1.75. The molecule has 0 bridgehead atoms. The zero-order valence-corrected chi connectivity index (χ0v) is 12.2. The van der Waals surface area contributed by atoms with Gasteiger partial charge in [-0.1, -0.05) is 0 Å². The van der Waals surface area contributed by atoms with Crippen molar-refractivity contribution < 1.29 is 30.0 Å². The molecule has 0 spiro atoms. The van der Waals surface area contributed by atoms with Crippen molar-refractivity contribution in [1.29, 1.82) is 0 Å². The molecule has 0 amide bonds. The van der Waals surface area contributed by atoms with Crippen LogP contribution in [0.1, 0.15) is 6.42 Å². The summed E-state index contributed by atoms with van der Waals surface area (Å²) in [5.41, 5.74) is -5.36. The fourth-order valence-electron chi connectivity index (χ4n) is 1.92. The van der Waals surface area contributed by atoms with E-state index in [9.17, 15) is 30.0 Å². The second-order valence-electron chi connectivity index (χ2n) is 4.43. The quantitative estimate of drug-likeness (QED) is 0.767. The van der Waals surface area contributed by atoms with Crippen molar-refractivity contribution in [1.82, 2.24) is 9.55 Å². The topological polar surface area (TPSA) is 89.3 Å². The van der Waals surface area contributed by atoms with Crippen molar-refractivity contribution >= 4 is 25.8 Å². The molecule has 1 aromatic heterocycles. The third-order valence-electron chi connectivity index (χ3n) is 2.96. The summed E-state index contributed by atoms with van der Waals surface area (Å²) in [6.45, 7) is 0.535. The van der Waals surface area contributed by atoms with Crippen LogP contribution in [0.15, 0.2) is 12.4 Å². The Morgan fingerprint density at radius 1 is 1.14 bits per heavy atom. The molecular weight excluding hydrogens is 335 g/mol. The van der Waals surface area contributed by atoms with E-state index < -0.39 is 43.3 Å². The summed E-state index contributed by atoms with van der Waals surface area (Å²) in [6.07, 6.45) is 2.37. The van der Waals surface area contributed by atoms with E-state index in [2.05, 4.69) is 4.98 Å². The molecule has 0 radical (unpaired) electrons. The van der Waals surface area contributed by atoms with Crippen molar-refractivity contribution in [3.63, 3.8) is 0 Å². The van der Waals surface area contributed by atoms with Gasteiger partial charge in [0.15, 0.2) is 0 Å². The highest BCUT2D eigenvalue weighted by Gasteiger charge is 2.45. The number of sulfone groups is 1. The smallest absolute Gasteiger partial charge is 0.315 e. The van der Waals surface area contributed by atoms with Crippen LogP contribution >= 0.6 is 0 Å². The summed E-state index contributed by atoms with van der Waals surface area (Å²) in [5, 5.41) is 0. The fourth-order valence-corrected chi connectivity index (χ4v) is 4.35. The summed E-state index contributed by atoms with van der Waals surface area (Å²) in [6, 6.07) is 0. The van der Waals surface area contributed by atoms with Gasteiger partial charge < -0.3 is 4.57 Å². The number of alkyl halides is 3. The van der Waals surface area contributed by atoms with Crippen molar-refractivity contribution in [2.24, 2.45) is 0 Å². The van der Waals surface area contributed by atoms with Crippen LogP contribution in [0, 0.1) is 0 Å². The van der Waals surface area contributed by atoms with Gasteiger partial charge in [-0.15, -0.1) is 0 Å². The van der Waals surface area contributed by atoms with Gasteiger partial charge in [-0.2, -0.15) is 13.2 Å². The largest absolute Gasteiger partial charge is 0.497 e. The second kappa shape index (κ2) is 5.16. The maximum absolute atomic E-state index is 12.1. The fraction of sp³-hybridized carbons (Fsp3) is 0.667. The van der Waals surface area contributed by atoms with Crippen LogP contribution in [-0.4, -0.2) is 49.9 Å². The van der Waals surface area contributed by atoms with Gasteiger partial charge >= 0.3 is 5.51 Å². The van der Waals surface area contributed by atoms with E-state index in [0.29, 0.717) is 6.54 Å². The lowest BCUT2D eigenvalue weighted by atomic mass is 10.6. The molecule has 0 aliphatic carbocycles. The van der Waals surface area contributed by atoms with Crippen LogP contribution in [0.5, 0.6) is 0 Å². The average molecular weight is 347 g/mol. The van der Waals surface area contributed by atoms with Crippen LogP contribution in [0.3, 0.4) is 0 Å². The summed E-state index contributed by atoms with van der Waals surface area (Å²) in [7, 11) is -9.19. The van der Waals surface area contributed by atoms with Crippen molar-refractivity contribution in [2.45, 2.75) is 18.5 Å². The zero-order valence-electron chi connectivity index (χ0n) is 10.6. The molecule has 0 fully saturated rings. The Hall–Kier alpha value is -1.30. The predicted molar refractivity (Wildman–Crippen MR) is 67.8 cm³/mol. The number of sulfonamides is 1. The monoisotopic (exact) mass is 347 g/mol. The summed E-state index contributed by atoms with van der Waals surface area (Å²) < 4.78 is 84.8. The highest BCUT2D eigenvalue weighted by Crippen LogP contribution is 2.26. The number of anilines is 1. The van der Waals surface area contributed by atoms with Gasteiger partial charge in [-0.05, 0) is 6.42 Å². The van der Waals surface area contributed by atoms with Gasteiger partial charge in [0.05, 0.1) is 18.1 Å². The van der Waals surface area contributed by atoms with E-state index in [1.54, 1.807) is 10.8 Å². The second-order valence-corrected chi connectivity index (χ2v) is 8.54. The standard InChI is InChI=1S/C9H12F3N3O4S2/c10-9(11,12)20(16,17)6-1-7-21(18,19)15-5-4-14-3-2-13-8(14)15/h2-3H,1,4-7H2. The molecule has 21 heavy (non-hydrogen) atoms.